The second kappa shape index (κ2) is 7.70. The number of rotatable bonds is 5. The van der Waals surface area contributed by atoms with E-state index in [-0.39, 0.29) is 5.91 Å². The normalized spacial score (nSPS) is 14.8. The maximum Gasteiger partial charge on any atom is 0.280 e. The molecule has 2 aromatic rings. The molecule has 1 atom stereocenters. The van der Waals surface area contributed by atoms with E-state index in [4.69, 9.17) is 16.3 Å². The quantitative estimate of drug-likeness (QED) is 0.646. The van der Waals surface area contributed by atoms with E-state index in [9.17, 15) is 4.79 Å². The molecule has 1 amide bonds. The summed E-state index contributed by atoms with van der Waals surface area (Å²) in [6.07, 6.45) is 2.83. The molecule has 130 valence electrons. The molecule has 0 bridgehead atoms. The van der Waals surface area contributed by atoms with Crippen molar-refractivity contribution in [2.45, 2.75) is 39.2 Å². The number of aryl methyl sites for hydroxylation is 2. The van der Waals surface area contributed by atoms with Crippen LogP contribution in [0, 0.1) is 0 Å². The van der Waals surface area contributed by atoms with Crippen LogP contribution in [0.5, 0.6) is 5.75 Å². The van der Waals surface area contributed by atoms with Crippen LogP contribution in [0.25, 0.3) is 0 Å². The average molecular weight is 357 g/mol. The fourth-order valence-corrected chi connectivity index (χ4v) is 2.99. The minimum atomic E-state index is -0.655. The van der Waals surface area contributed by atoms with Crippen molar-refractivity contribution in [1.29, 1.82) is 0 Å². The molecule has 1 unspecified atom stereocenters. The van der Waals surface area contributed by atoms with E-state index in [1.807, 2.05) is 6.92 Å². The first kappa shape index (κ1) is 17.5. The van der Waals surface area contributed by atoms with Crippen molar-refractivity contribution in [2.24, 2.45) is 5.10 Å². The van der Waals surface area contributed by atoms with Crippen molar-refractivity contribution in [3.8, 4) is 5.75 Å². The van der Waals surface area contributed by atoms with Gasteiger partial charge in [-0.25, -0.2) is 5.43 Å². The van der Waals surface area contributed by atoms with Crippen LogP contribution < -0.4 is 10.2 Å². The highest BCUT2D eigenvalue weighted by atomic mass is 35.5. The summed E-state index contributed by atoms with van der Waals surface area (Å²) in [4.78, 5) is 12.2. The predicted molar refractivity (Wildman–Crippen MR) is 100 cm³/mol. The van der Waals surface area contributed by atoms with Crippen molar-refractivity contribution >= 4 is 23.2 Å². The summed E-state index contributed by atoms with van der Waals surface area (Å²) < 4.78 is 5.59. The highest BCUT2D eigenvalue weighted by Gasteiger charge is 2.15. The maximum absolute atomic E-state index is 12.2. The fourth-order valence-electron chi connectivity index (χ4n) is 2.86. The minimum Gasteiger partial charge on any atom is -0.481 e. The van der Waals surface area contributed by atoms with Gasteiger partial charge in [0.1, 0.15) is 5.75 Å². The fraction of sp³-hybridized carbons (Fsp3) is 0.300. The van der Waals surface area contributed by atoms with Crippen LogP contribution in [0.2, 0.25) is 5.02 Å². The zero-order chi connectivity index (χ0) is 17.8. The van der Waals surface area contributed by atoms with Crippen LogP contribution in [0.1, 0.15) is 37.0 Å². The summed E-state index contributed by atoms with van der Waals surface area (Å²) in [5, 5.41) is 4.84. The Morgan fingerprint density at radius 1 is 1.16 bits per heavy atom. The van der Waals surface area contributed by atoms with Gasteiger partial charge in [0.05, 0.1) is 5.71 Å². The van der Waals surface area contributed by atoms with Gasteiger partial charge in [-0.3, -0.25) is 4.79 Å². The molecule has 1 aliphatic rings. The Kier molecular flexibility index (Phi) is 5.39. The van der Waals surface area contributed by atoms with Gasteiger partial charge in [0.25, 0.3) is 5.91 Å². The maximum atomic E-state index is 12.2. The number of fused-ring (bicyclic) bond motifs is 1. The lowest BCUT2D eigenvalue weighted by atomic mass is 10.0. The van der Waals surface area contributed by atoms with Gasteiger partial charge in [0.15, 0.2) is 6.10 Å². The van der Waals surface area contributed by atoms with E-state index < -0.39 is 6.10 Å². The monoisotopic (exact) mass is 356 g/mol. The highest BCUT2D eigenvalue weighted by Crippen LogP contribution is 2.23. The molecule has 0 fully saturated rings. The molecule has 0 aliphatic heterocycles. The molecular weight excluding hydrogens is 336 g/mol. The molecule has 0 spiro atoms. The first-order chi connectivity index (χ1) is 12.0. The Balaban J connectivity index is 1.60. The van der Waals surface area contributed by atoms with Gasteiger partial charge < -0.3 is 4.74 Å². The number of hydrazone groups is 1. The number of hydrogen-bond acceptors (Lipinski definition) is 3. The molecule has 1 aliphatic carbocycles. The average Bonchev–Trinajstić information content (AvgIpc) is 3.08. The molecule has 4 nitrogen and oxygen atoms in total. The highest BCUT2D eigenvalue weighted by molar-refractivity contribution is 6.30. The topological polar surface area (TPSA) is 50.7 Å². The van der Waals surface area contributed by atoms with Crippen LogP contribution in [-0.2, 0) is 17.6 Å². The van der Waals surface area contributed by atoms with E-state index in [0.717, 1.165) is 24.1 Å². The Morgan fingerprint density at radius 3 is 2.64 bits per heavy atom. The third kappa shape index (κ3) is 4.40. The summed E-state index contributed by atoms with van der Waals surface area (Å²) in [5.41, 5.74) is 7.20. The van der Waals surface area contributed by atoms with Crippen LogP contribution in [0.3, 0.4) is 0 Å². The number of carbonyl (C=O) groups excluding carboxylic acids is 1. The number of amides is 1. The SMILES string of the molecule is CC(=NNC(=O)C(C)Oc1ccc(Cl)cc1)c1ccc2c(c1)CCC2. The molecule has 0 aromatic heterocycles. The molecule has 3 rings (SSSR count). The summed E-state index contributed by atoms with van der Waals surface area (Å²) in [7, 11) is 0. The van der Waals surface area contributed by atoms with Crippen LogP contribution in [0.4, 0.5) is 0 Å². The standard InChI is InChI=1S/C20H21ClN2O2/c1-13(16-7-6-15-4-3-5-17(15)12-16)22-23-20(24)14(2)25-19-10-8-18(21)9-11-19/h6-12,14H,3-5H2,1-2H3,(H,23,24). The number of halogens is 1. The van der Waals surface area contributed by atoms with Crippen molar-refractivity contribution < 1.29 is 9.53 Å². The molecule has 0 radical (unpaired) electrons. The Bertz CT molecular complexity index is 800. The summed E-state index contributed by atoms with van der Waals surface area (Å²) in [5.74, 6) is 0.293. The molecule has 0 heterocycles. The van der Waals surface area contributed by atoms with Crippen LogP contribution in [-0.4, -0.2) is 17.7 Å². The van der Waals surface area contributed by atoms with Gasteiger partial charge in [-0.2, -0.15) is 5.10 Å². The van der Waals surface area contributed by atoms with E-state index >= 15 is 0 Å². The van der Waals surface area contributed by atoms with E-state index in [0.29, 0.717) is 10.8 Å². The van der Waals surface area contributed by atoms with Gasteiger partial charge in [0.2, 0.25) is 0 Å². The van der Waals surface area contributed by atoms with Gasteiger partial charge in [-0.1, -0.05) is 23.7 Å². The molecule has 1 N–H and O–H groups in total. The number of carbonyl (C=O) groups is 1. The zero-order valence-corrected chi connectivity index (χ0v) is 15.1. The second-order valence-electron chi connectivity index (χ2n) is 6.22. The second-order valence-corrected chi connectivity index (χ2v) is 6.66. The van der Waals surface area contributed by atoms with Crippen molar-refractivity contribution in [3.05, 3.63) is 64.2 Å². The lowest BCUT2D eigenvalue weighted by Gasteiger charge is -2.13. The lowest BCUT2D eigenvalue weighted by Crippen LogP contribution is -2.33. The summed E-state index contributed by atoms with van der Waals surface area (Å²) in [6, 6.07) is 13.3. The van der Waals surface area contributed by atoms with E-state index in [1.54, 1.807) is 31.2 Å². The molecule has 5 heteroatoms. The first-order valence-electron chi connectivity index (χ1n) is 8.41. The Hall–Kier alpha value is -2.33. The van der Waals surface area contributed by atoms with E-state index in [2.05, 4.69) is 28.7 Å². The van der Waals surface area contributed by atoms with Gasteiger partial charge in [-0.05, 0) is 80.1 Å². The number of benzene rings is 2. The van der Waals surface area contributed by atoms with Crippen molar-refractivity contribution in [3.63, 3.8) is 0 Å². The molecule has 0 saturated carbocycles. The van der Waals surface area contributed by atoms with E-state index in [1.165, 1.54) is 17.5 Å². The van der Waals surface area contributed by atoms with Gasteiger partial charge in [-0.15, -0.1) is 0 Å². The predicted octanol–water partition coefficient (Wildman–Crippen LogP) is 4.14. The Morgan fingerprint density at radius 2 is 1.88 bits per heavy atom. The number of nitrogens with zero attached hydrogens (tertiary/aromatic N) is 1. The molecule has 25 heavy (non-hydrogen) atoms. The number of hydrogen-bond donors (Lipinski definition) is 1. The largest absolute Gasteiger partial charge is 0.481 e. The third-order valence-electron chi connectivity index (χ3n) is 4.35. The number of nitrogens with one attached hydrogen (secondary N) is 1. The minimum absolute atomic E-state index is 0.296. The molecular formula is C20H21ClN2O2. The summed E-state index contributed by atoms with van der Waals surface area (Å²) in [6.45, 7) is 3.58. The van der Waals surface area contributed by atoms with Crippen molar-refractivity contribution in [1.82, 2.24) is 5.43 Å². The first-order valence-corrected chi connectivity index (χ1v) is 8.79. The lowest BCUT2D eigenvalue weighted by molar-refractivity contribution is -0.127. The molecule has 2 aromatic carbocycles. The smallest absolute Gasteiger partial charge is 0.280 e. The van der Waals surface area contributed by atoms with Gasteiger partial charge in [0, 0.05) is 5.02 Å². The Labute approximate surface area is 152 Å². The number of ether oxygens (including phenoxy) is 1. The van der Waals surface area contributed by atoms with Crippen LogP contribution >= 0.6 is 11.6 Å². The zero-order valence-electron chi connectivity index (χ0n) is 14.4. The van der Waals surface area contributed by atoms with Crippen molar-refractivity contribution in [2.75, 3.05) is 0 Å². The van der Waals surface area contributed by atoms with Gasteiger partial charge >= 0.3 is 0 Å². The summed E-state index contributed by atoms with van der Waals surface area (Å²) >= 11 is 5.84. The third-order valence-corrected chi connectivity index (χ3v) is 4.60. The van der Waals surface area contributed by atoms with Crippen LogP contribution in [0.15, 0.2) is 47.6 Å². The molecule has 0 saturated heterocycles.